The Morgan fingerprint density at radius 2 is 1.19 bits per heavy atom. The highest BCUT2D eigenvalue weighted by molar-refractivity contribution is 7.17. The van der Waals surface area contributed by atoms with Crippen LogP contribution >= 0.6 is 34.3 Å². The zero-order valence-corrected chi connectivity index (χ0v) is 31.7. The third kappa shape index (κ3) is 8.34. The Morgan fingerprint density at radius 1 is 0.685 bits per heavy atom. The lowest BCUT2D eigenvalue weighted by Crippen LogP contribution is -2.22. The predicted octanol–water partition coefficient (Wildman–Crippen LogP) is 10.6. The topological polar surface area (TPSA) is 93.8 Å². The highest BCUT2D eigenvalue weighted by Crippen LogP contribution is 2.33. The monoisotopic (exact) mass is 772 g/mol. The zero-order valence-electron chi connectivity index (χ0n) is 29.3. The van der Waals surface area contributed by atoms with Gasteiger partial charge in [-0.15, -0.1) is 22.7 Å². The van der Waals surface area contributed by atoms with Crippen molar-refractivity contribution in [3.63, 3.8) is 0 Å². The number of amides is 2. The van der Waals surface area contributed by atoms with Crippen molar-refractivity contribution < 1.29 is 14.0 Å². The van der Waals surface area contributed by atoms with E-state index in [1.807, 2.05) is 122 Å². The van der Waals surface area contributed by atoms with E-state index < -0.39 is 5.82 Å². The number of halogens is 2. The van der Waals surface area contributed by atoms with Crippen molar-refractivity contribution in [3.05, 3.63) is 160 Å². The second-order valence-corrected chi connectivity index (χ2v) is 14.9. The molecule has 0 unspecified atom stereocenters. The van der Waals surface area contributed by atoms with Crippen LogP contribution in [0, 0.1) is 5.82 Å². The molecule has 0 atom stereocenters. The number of nitrogens with one attached hydrogen (secondary N) is 2. The predicted molar refractivity (Wildman–Crippen MR) is 217 cm³/mol. The summed E-state index contributed by atoms with van der Waals surface area (Å²) in [5, 5.41) is 15.4. The fourth-order valence-electron chi connectivity index (χ4n) is 5.77. The van der Waals surface area contributed by atoms with Crippen molar-refractivity contribution >= 4 is 51.8 Å². The normalized spacial score (nSPS) is 12.3. The zero-order chi connectivity index (χ0) is 37.6. The number of carbonyl (C=O) groups is 2. The van der Waals surface area contributed by atoms with Gasteiger partial charge in [-0.2, -0.15) is 10.2 Å². The molecule has 2 amide bonds. The Kier molecular flexibility index (Phi) is 11.1. The summed E-state index contributed by atoms with van der Waals surface area (Å²) in [6.45, 7) is 0. The van der Waals surface area contributed by atoms with E-state index in [1.54, 1.807) is 22.9 Å². The Labute approximate surface area is 324 Å². The number of para-hydroxylation sites is 1. The van der Waals surface area contributed by atoms with E-state index in [4.69, 9.17) is 11.6 Å². The molecule has 4 aromatic heterocycles. The fourth-order valence-corrected chi connectivity index (χ4v) is 7.88. The van der Waals surface area contributed by atoms with Gasteiger partial charge in [-0.05, 0) is 67.4 Å². The molecule has 0 bridgehead atoms. The van der Waals surface area contributed by atoms with E-state index in [-0.39, 0.29) is 17.5 Å². The van der Waals surface area contributed by atoms with E-state index in [9.17, 15) is 14.0 Å². The van der Waals surface area contributed by atoms with Gasteiger partial charge < -0.3 is 10.6 Å². The third-order valence-corrected chi connectivity index (χ3v) is 11.1. The van der Waals surface area contributed by atoms with Gasteiger partial charge in [0.2, 0.25) is 0 Å². The number of carbonyl (C=O) groups excluding carboxylic acids is 2. The van der Waals surface area contributed by atoms with Gasteiger partial charge in [0.05, 0.1) is 53.7 Å². The summed E-state index contributed by atoms with van der Waals surface area (Å²) in [4.78, 5) is 28.1. The van der Waals surface area contributed by atoms with Gasteiger partial charge in [-0.25, -0.2) is 4.39 Å². The van der Waals surface area contributed by atoms with Gasteiger partial charge in [0.25, 0.3) is 11.8 Å². The average Bonchev–Trinajstić information content (AvgIpc) is 4.01. The molecule has 7 aromatic rings. The number of benzene rings is 3. The lowest BCUT2D eigenvalue weighted by atomic mass is 10.1. The molecular formula is C42H34ClFN6O2S2. The Morgan fingerprint density at radius 3 is 1.70 bits per heavy atom. The number of nitrogens with zero attached hydrogens (tertiary/aromatic N) is 4. The van der Waals surface area contributed by atoms with Gasteiger partial charge >= 0.3 is 0 Å². The highest BCUT2D eigenvalue weighted by Gasteiger charge is 2.18. The molecule has 2 N–H and O–H groups in total. The van der Waals surface area contributed by atoms with Gasteiger partial charge in [0, 0.05) is 30.3 Å². The number of aryl methyl sites for hydroxylation is 2. The van der Waals surface area contributed by atoms with Crippen LogP contribution in [0.2, 0.25) is 0 Å². The first-order chi connectivity index (χ1) is 26.2. The molecule has 0 fully saturated rings. The number of allylic oxidation sites excluding steroid dienone is 3. The molecule has 0 saturated heterocycles. The molecule has 0 saturated carbocycles. The SMILES string of the molecule is Cn1nc(-c2ccccc2)cc1-c1ccc(C(=O)NC2=C(Cl)CCC=C2)s1.Cn1nc(-c2ccccc2)cc1-c1ccc(C(=O)Nc2ccccc2F)s1. The number of anilines is 1. The van der Waals surface area contributed by atoms with Gasteiger partial charge in [0.1, 0.15) is 5.82 Å². The maximum Gasteiger partial charge on any atom is 0.265 e. The molecule has 12 heteroatoms. The minimum absolute atomic E-state index is 0.142. The van der Waals surface area contributed by atoms with Gasteiger partial charge in [-0.1, -0.05) is 90.5 Å². The van der Waals surface area contributed by atoms with E-state index >= 15 is 0 Å². The van der Waals surface area contributed by atoms with Crippen LogP contribution in [0.5, 0.6) is 0 Å². The maximum atomic E-state index is 13.7. The average molecular weight is 773 g/mol. The first kappa shape index (κ1) is 36.5. The summed E-state index contributed by atoms with van der Waals surface area (Å²) < 4.78 is 17.4. The van der Waals surface area contributed by atoms with Gasteiger partial charge in [0.15, 0.2) is 0 Å². The molecule has 1 aliphatic carbocycles. The first-order valence-electron chi connectivity index (χ1n) is 17.1. The van der Waals surface area contributed by atoms with Crippen LogP contribution in [0.3, 0.4) is 0 Å². The summed E-state index contributed by atoms with van der Waals surface area (Å²) in [5.74, 6) is -0.931. The second-order valence-electron chi connectivity index (χ2n) is 12.3. The summed E-state index contributed by atoms with van der Waals surface area (Å²) >= 11 is 8.99. The van der Waals surface area contributed by atoms with E-state index in [2.05, 4.69) is 20.8 Å². The Hall–Kier alpha value is -5.88. The number of hydrogen-bond donors (Lipinski definition) is 2. The summed E-state index contributed by atoms with van der Waals surface area (Å²) in [6, 6.07) is 37.6. The van der Waals surface area contributed by atoms with Crippen LogP contribution in [0.1, 0.15) is 32.2 Å². The molecule has 0 aliphatic heterocycles. The minimum Gasteiger partial charge on any atom is -0.320 e. The smallest absolute Gasteiger partial charge is 0.265 e. The van der Waals surface area contributed by atoms with Crippen molar-refractivity contribution in [1.82, 2.24) is 24.9 Å². The number of aromatic nitrogens is 4. The molecule has 8 nitrogen and oxygen atoms in total. The second kappa shape index (κ2) is 16.4. The Balaban J connectivity index is 0.000000167. The van der Waals surface area contributed by atoms with Crippen LogP contribution in [-0.2, 0) is 14.1 Å². The molecule has 3 aromatic carbocycles. The van der Waals surface area contributed by atoms with Crippen LogP contribution < -0.4 is 10.6 Å². The summed E-state index contributed by atoms with van der Waals surface area (Å²) in [7, 11) is 3.79. The van der Waals surface area contributed by atoms with Crippen LogP contribution in [0.25, 0.3) is 43.7 Å². The molecular weight excluding hydrogens is 739 g/mol. The minimum atomic E-state index is -0.457. The van der Waals surface area contributed by atoms with Crippen molar-refractivity contribution in [2.75, 3.05) is 5.32 Å². The standard InChI is InChI=1S/C21H18ClN3OS.C21H16FN3OS/c2*1-25-18(13-17(24-25)14-7-3-2-4-8-14)19-11-12-20(27-19)21(26)23-16-10-6-5-9-15(16)22/h2-4,6-8,10-13H,5,9H2,1H3,(H,23,26);2-13H,1H3,(H,23,26). The number of hydrogen-bond acceptors (Lipinski definition) is 6. The van der Waals surface area contributed by atoms with Crippen LogP contribution in [0.15, 0.2) is 144 Å². The van der Waals surface area contributed by atoms with Crippen molar-refractivity contribution in [2.24, 2.45) is 14.1 Å². The first-order valence-corrected chi connectivity index (χ1v) is 19.1. The van der Waals surface area contributed by atoms with E-state index in [1.165, 1.54) is 34.8 Å². The third-order valence-electron chi connectivity index (χ3n) is 8.54. The highest BCUT2D eigenvalue weighted by atomic mass is 35.5. The molecule has 0 spiro atoms. The maximum absolute atomic E-state index is 13.7. The van der Waals surface area contributed by atoms with E-state index in [0.717, 1.165) is 56.5 Å². The number of rotatable bonds is 8. The summed E-state index contributed by atoms with van der Waals surface area (Å²) in [5.41, 5.74) is 6.65. The quantitative estimate of drug-likeness (QED) is 0.161. The van der Waals surface area contributed by atoms with Crippen molar-refractivity contribution in [3.8, 4) is 43.7 Å². The van der Waals surface area contributed by atoms with Crippen LogP contribution in [-0.4, -0.2) is 31.4 Å². The van der Waals surface area contributed by atoms with Crippen molar-refractivity contribution in [2.45, 2.75) is 12.8 Å². The molecule has 8 rings (SSSR count). The number of thiophene rings is 2. The molecule has 0 radical (unpaired) electrons. The van der Waals surface area contributed by atoms with E-state index in [0.29, 0.717) is 20.5 Å². The lowest BCUT2D eigenvalue weighted by molar-refractivity contribution is 0.0969. The lowest BCUT2D eigenvalue weighted by Gasteiger charge is -2.11. The molecule has 270 valence electrons. The molecule has 4 heterocycles. The largest absolute Gasteiger partial charge is 0.320 e. The van der Waals surface area contributed by atoms with Crippen molar-refractivity contribution in [1.29, 1.82) is 0 Å². The molecule has 1 aliphatic rings. The molecule has 54 heavy (non-hydrogen) atoms. The van der Waals surface area contributed by atoms with Gasteiger partial charge in [-0.3, -0.25) is 19.0 Å². The Bertz CT molecular complexity index is 2500. The summed E-state index contributed by atoms with van der Waals surface area (Å²) in [6.07, 6.45) is 5.56. The fraction of sp³-hybridized carbons (Fsp3) is 0.0952. The van der Waals surface area contributed by atoms with Crippen LogP contribution in [0.4, 0.5) is 10.1 Å².